The first kappa shape index (κ1) is 9.56. The van der Waals surface area contributed by atoms with E-state index < -0.39 is 5.24 Å². The van der Waals surface area contributed by atoms with E-state index in [2.05, 4.69) is 0 Å². The lowest BCUT2D eigenvalue weighted by Gasteiger charge is -2.03. The summed E-state index contributed by atoms with van der Waals surface area (Å²) in [4.78, 5) is 10.8. The van der Waals surface area contributed by atoms with E-state index in [4.69, 9.17) is 23.2 Å². The van der Waals surface area contributed by atoms with E-state index >= 15 is 0 Å². The Labute approximate surface area is 81.3 Å². The Morgan fingerprint density at radius 2 is 2.17 bits per heavy atom. The van der Waals surface area contributed by atoms with E-state index in [0.717, 1.165) is 12.0 Å². The molecule has 0 N–H and O–H groups in total. The van der Waals surface area contributed by atoms with Gasteiger partial charge in [0.25, 0.3) is 5.24 Å². The Morgan fingerprint density at radius 1 is 1.50 bits per heavy atom. The van der Waals surface area contributed by atoms with Gasteiger partial charge in [0, 0.05) is 0 Å². The number of aryl methyl sites for hydroxylation is 1. The molecule has 1 aromatic carbocycles. The van der Waals surface area contributed by atoms with E-state index in [1.54, 1.807) is 12.1 Å². The van der Waals surface area contributed by atoms with E-state index in [-0.39, 0.29) is 0 Å². The third-order valence-electron chi connectivity index (χ3n) is 1.67. The zero-order chi connectivity index (χ0) is 9.14. The van der Waals surface area contributed by atoms with Crippen molar-refractivity contribution < 1.29 is 4.79 Å². The molecule has 0 amide bonds. The lowest BCUT2D eigenvalue weighted by molar-refractivity contribution is 0.108. The van der Waals surface area contributed by atoms with Gasteiger partial charge in [-0.05, 0) is 29.7 Å². The molecule has 1 nitrogen and oxygen atoms in total. The van der Waals surface area contributed by atoms with Gasteiger partial charge in [0.2, 0.25) is 0 Å². The van der Waals surface area contributed by atoms with Crippen LogP contribution < -0.4 is 0 Å². The van der Waals surface area contributed by atoms with Crippen molar-refractivity contribution >= 4 is 28.4 Å². The van der Waals surface area contributed by atoms with Crippen LogP contribution >= 0.6 is 23.2 Å². The van der Waals surface area contributed by atoms with Crippen LogP contribution in [0.15, 0.2) is 18.2 Å². The number of rotatable bonds is 2. The average molecular weight is 203 g/mol. The van der Waals surface area contributed by atoms with Crippen molar-refractivity contribution in [1.82, 2.24) is 0 Å². The lowest BCUT2D eigenvalue weighted by Crippen LogP contribution is -1.93. The maximum absolute atomic E-state index is 10.8. The molecule has 0 unspecified atom stereocenters. The fraction of sp³-hybridized carbons (Fsp3) is 0.222. The molecule has 1 rings (SSSR count). The summed E-state index contributed by atoms with van der Waals surface area (Å²) in [7, 11) is 0. The van der Waals surface area contributed by atoms with Crippen LogP contribution in [0.5, 0.6) is 0 Å². The fourth-order valence-electron chi connectivity index (χ4n) is 1.00. The number of hydrogen-bond acceptors (Lipinski definition) is 1. The summed E-state index contributed by atoms with van der Waals surface area (Å²) in [6, 6.07) is 5.28. The summed E-state index contributed by atoms with van der Waals surface area (Å²) in [5, 5.41) is -0.0321. The molecule has 0 spiro atoms. The molecule has 0 fully saturated rings. The van der Waals surface area contributed by atoms with E-state index in [1.165, 1.54) is 0 Å². The summed E-state index contributed by atoms with van der Waals surface area (Å²) in [6.07, 6.45) is 0.802. The first-order valence-electron chi connectivity index (χ1n) is 3.64. The van der Waals surface area contributed by atoms with Gasteiger partial charge in [0.05, 0.1) is 10.6 Å². The second-order valence-electron chi connectivity index (χ2n) is 2.41. The van der Waals surface area contributed by atoms with Crippen LogP contribution in [0.4, 0.5) is 0 Å². The quantitative estimate of drug-likeness (QED) is 0.674. The summed E-state index contributed by atoms with van der Waals surface area (Å²) in [5.41, 5.74) is 1.33. The molecular weight excluding hydrogens is 195 g/mol. The van der Waals surface area contributed by atoms with Crippen LogP contribution in [-0.2, 0) is 6.42 Å². The minimum atomic E-state index is -0.504. The second-order valence-corrected chi connectivity index (χ2v) is 3.13. The first-order valence-corrected chi connectivity index (χ1v) is 4.39. The Balaban J connectivity index is 3.23. The van der Waals surface area contributed by atoms with Crippen LogP contribution in [-0.4, -0.2) is 5.24 Å². The Bertz CT molecular complexity index is 307. The predicted molar refractivity (Wildman–Crippen MR) is 51.0 cm³/mol. The largest absolute Gasteiger partial charge is 0.276 e. The maximum atomic E-state index is 10.8. The highest BCUT2D eigenvalue weighted by molar-refractivity contribution is 6.68. The molecule has 0 saturated carbocycles. The number of benzene rings is 1. The van der Waals surface area contributed by atoms with Crippen LogP contribution in [0.1, 0.15) is 22.8 Å². The van der Waals surface area contributed by atoms with Crippen LogP contribution in [0.2, 0.25) is 5.02 Å². The third kappa shape index (κ3) is 1.79. The maximum Gasteiger partial charge on any atom is 0.253 e. The van der Waals surface area contributed by atoms with E-state index in [9.17, 15) is 4.79 Å². The SMILES string of the molecule is CCc1cccc(C(=O)Cl)c1Cl. The fourth-order valence-corrected chi connectivity index (χ4v) is 1.56. The summed E-state index contributed by atoms with van der Waals surface area (Å²) in [5.74, 6) is 0. The molecule has 12 heavy (non-hydrogen) atoms. The van der Waals surface area contributed by atoms with Gasteiger partial charge in [-0.3, -0.25) is 4.79 Å². The highest BCUT2D eigenvalue weighted by Crippen LogP contribution is 2.22. The van der Waals surface area contributed by atoms with Crippen LogP contribution in [0, 0.1) is 0 Å². The predicted octanol–water partition coefficient (Wildman–Crippen LogP) is 3.28. The number of carbonyl (C=O) groups is 1. The second kappa shape index (κ2) is 3.92. The van der Waals surface area contributed by atoms with Gasteiger partial charge >= 0.3 is 0 Å². The Kier molecular flexibility index (Phi) is 3.12. The molecule has 64 valence electrons. The summed E-state index contributed by atoms with van der Waals surface area (Å²) < 4.78 is 0. The minimum absolute atomic E-state index is 0.387. The van der Waals surface area contributed by atoms with Crippen LogP contribution in [0.25, 0.3) is 0 Å². The van der Waals surface area contributed by atoms with Crippen molar-refractivity contribution in [2.45, 2.75) is 13.3 Å². The lowest BCUT2D eigenvalue weighted by atomic mass is 10.1. The molecule has 0 radical (unpaired) electrons. The molecule has 0 heterocycles. The molecule has 3 heteroatoms. The third-order valence-corrected chi connectivity index (χ3v) is 2.32. The Morgan fingerprint density at radius 3 is 2.67 bits per heavy atom. The van der Waals surface area contributed by atoms with Crippen LogP contribution in [0.3, 0.4) is 0 Å². The van der Waals surface area contributed by atoms with E-state index in [1.807, 2.05) is 13.0 Å². The van der Waals surface area contributed by atoms with Gasteiger partial charge in [-0.15, -0.1) is 0 Å². The first-order chi connectivity index (χ1) is 5.66. The molecule has 0 aliphatic rings. The molecule has 1 aromatic rings. The molecular formula is C9H8Cl2O. The van der Waals surface area contributed by atoms with Gasteiger partial charge in [0.1, 0.15) is 0 Å². The minimum Gasteiger partial charge on any atom is -0.276 e. The van der Waals surface area contributed by atoms with Crippen molar-refractivity contribution in [3.63, 3.8) is 0 Å². The molecule has 0 bridgehead atoms. The average Bonchev–Trinajstić information content (AvgIpc) is 2.04. The zero-order valence-electron chi connectivity index (χ0n) is 6.60. The van der Waals surface area contributed by atoms with Gasteiger partial charge in [0.15, 0.2) is 0 Å². The van der Waals surface area contributed by atoms with Gasteiger partial charge in [-0.25, -0.2) is 0 Å². The smallest absolute Gasteiger partial charge is 0.253 e. The van der Waals surface area contributed by atoms with Crippen molar-refractivity contribution in [2.75, 3.05) is 0 Å². The molecule has 0 aromatic heterocycles. The van der Waals surface area contributed by atoms with Crippen molar-refractivity contribution in [1.29, 1.82) is 0 Å². The normalized spacial score (nSPS) is 9.92. The molecule has 0 saturated heterocycles. The highest BCUT2D eigenvalue weighted by atomic mass is 35.5. The van der Waals surface area contributed by atoms with Gasteiger partial charge in [-0.1, -0.05) is 30.7 Å². The van der Waals surface area contributed by atoms with Gasteiger partial charge < -0.3 is 0 Å². The highest BCUT2D eigenvalue weighted by Gasteiger charge is 2.09. The van der Waals surface area contributed by atoms with E-state index in [0.29, 0.717) is 10.6 Å². The Hall–Kier alpha value is -0.530. The number of halogens is 2. The summed E-state index contributed by atoms with van der Waals surface area (Å²) in [6.45, 7) is 1.98. The number of carbonyl (C=O) groups excluding carboxylic acids is 1. The molecule has 0 aliphatic carbocycles. The molecule has 0 aliphatic heterocycles. The zero-order valence-corrected chi connectivity index (χ0v) is 8.12. The molecule has 0 atom stereocenters. The summed E-state index contributed by atoms with van der Waals surface area (Å²) >= 11 is 11.2. The van der Waals surface area contributed by atoms with Crippen molar-refractivity contribution in [2.24, 2.45) is 0 Å². The van der Waals surface area contributed by atoms with Gasteiger partial charge in [-0.2, -0.15) is 0 Å². The standard InChI is InChI=1S/C9H8Cl2O/c1-2-6-4-3-5-7(8(6)10)9(11)12/h3-5H,2H2,1H3. The van der Waals surface area contributed by atoms with Crippen molar-refractivity contribution in [3.05, 3.63) is 34.3 Å². The topological polar surface area (TPSA) is 17.1 Å². The monoisotopic (exact) mass is 202 g/mol. The number of hydrogen-bond donors (Lipinski definition) is 0. The van der Waals surface area contributed by atoms with Crippen molar-refractivity contribution in [3.8, 4) is 0 Å².